The van der Waals surface area contributed by atoms with E-state index in [1.165, 1.54) is 38.5 Å². The number of likely N-dealkylation sites (N-methyl/N-ethyl adjacent to an activating group) is 1. The number of carbonyl (C=O) groups excluding carboxylic acids is 3. The first-order valence-corrected chi connectivity index (χ1v) is 14.1. The number of carboxylic acids is 1. The van der Waals surface area contributed by atoms with Gasteiger partial charge in [0.15, 0.2) is 6.10 Å². The highest BCUT2D eigenvalue weighted by molar-refractivity contribution is 5.70. The number of hydrogen-bond donors (Lipinski definition) is 0. The van der Waals surface area contributed by atoms with Gasteiger partial charge in [0.25, 0.3) is 0 Å². The Labute approximate surface area is 219 Å². The van der Waals surface area contributed by atoms with Gasteiger partial charge in [-0.3, -0.25) is 9.59 Å². The van der Waals surface area contributed by atoms with Crippen LogP contribution in [0.25, 0.3) is 0 Å². The van der Waals surface area contributed by atoms with E-state index >= 15 is 0 Å². The maximum absolute atomic E-state index is 12.4. The van der Waals surface area contributed by atoms with Gasteiger partial charge < -0.3 is 28.6 Å². The summed E-state index contributed by atoms with van der Waals surface area (Å²) < 4.78 is 16.7. The van der Waals surface area contributed by atoms with Gasteiger partial charge in [0.1, 0.15) is 12.6 Å². The molecule has 0 rings (SSSR count). The molecule has 0 N–H and O–H groups in total. The molecule has 0 spiro atoms. The van der Waals surface area contributed by atoms with Crippen LogP contribution in [0.4, 0.5) is 0 Å². The Morgan fingerprint density at radius 1 is 0.722 bits per heavy atom. The average Bonchev–Trinajstić information content (AvgIpc) is 2.80. The summed E-state index contributed by atoms with van der Waals surface area (Å²) in [6.07, 6.45) is 13.4. The molecule has 0 aromatic heterocycles. The topological polar surface area (TPSA) is 102 Å². The molecule has 0 fully saturated rings. The number of carbonyl (C=O) groups is 3. The zero-order valence-electron chi connectivity index (χ0n) is 23.7. The van der Waals surface area contributed by atoms with Crippen LogP contribution in [0.3, 0.4) is 0 Å². The predicted molar refractivity (Wildman–Crippen MR) is 139 cm³/mol. The zero-order valence-corrected chi connectivity index (χ0v) is 23.7. The van der Waals surface area contributed by atoms with E-state index < -0.39 is 18.1 Å². The predicted octanol–water partition coefficient (Wildman–Crippen LogP) is 4.17. The summed E-state index contributed by atoms with van der Waals surface area (Å²) in [6, 6.07) is -0.714. The highest BCUT2D eigenvalue weighted by Crippen LogP contribution is 2.12. The summed E-state index contributed by atoms with van der Waals surface area (Å²) in [5.74, 6) is -1.77. The average molecular weight is 516 g/mol. The van der Waals surface area contributed by atoms with Crippen LogP contribution in [0.1, 0.15) is 110 Å². The molecule has 0 aromatic carbocycles. The fraction of sp³-hybridized carbons (Fsp3) is 0.893. The fourth-order valence-corrected chi connectivity index (χ4v) is 3.95. The lowest BCUT2D eigenvalue weighted by atomic mass is 10.1. The van der Waals surface area contributed by atoms with E-state index in [1.807, 2.05) is 0 Å². The summed E-state index contributed by atoms with van der Waals surface area (Å²) in [4.78, 5) is 35.8. The van der Waals surface area contributed by atoms with Crippen LogP contribution in [0.5, 0.6) is 0 Å². The molecule has 36 heavy (non-hydrogen) atoms. The molecule has 0 aromatic rings. The summed E-state index contributed by atoms with van der Waals surface area (Å²) in [5, 5.41) is 11.4. The maximum atomic E-state index is 12.4. The van der Waals surface area contributed by atoms with Crippen LogP contribution in [-0.4, -0.2) is 75.5 Å². The van der Waals surface area contributed by atoms with Gasteiger partial charge in [0, 0.05) is 19.3 Å². The number of unbranched alkanes of at least 4 members (excludes halogenated alkanes) is 10. The number of esters is 2. The molecular formula is C28H53NO7. The number of nitrogens with zero attached hydrogens (tertiary/aromatic N) is 1. The van der Waals surface area contributed by atoms with Gasteiger partial charge in [-0.1, -0.05) is 78.1 Å². The van der Waals surface area contributed by atoms with Crippen molar-refractivity contribution in [2.45, 2.75) is 122 Å². The van der Waals surface area contributed by atoms with Gasteiger partial charge >= 0.3 is 11.9 Å². The minimum atomic E-state index is -1.13. The van der Waals surface area contributed by atoms with E-state index in [1.54, 1.807) is 21.1 Å². The van der Waals surface area contributed by atoms with Gasteiger partial charge in [-0.15, -0.1) is 0 Å². The summed E-state index contributed by atoms with van der Waals surface area (Å²) in [5.41, 5.74) is 0. The molecule has 0 bridgehead atoms. The van der Waals surface area contributed by atoms with E-state index in [9.17, 15) is 19.5 Å². The van der Waals surface area contributed by atoms with E-state index in [4.69, 9.17) is 14.2 Å². The smallest absolute Gasteiger partial charge is 0.306 e. The van der Waals surface area contributed by atoms with Crippen molar-refractivity contribution < 1.29 is 38.2 Å². The van der Waals surface area contributed by atoms with Crippen molar-refractivity contribution in [1.82, 2.24) is 0 Å². The monoisotopic (exact) mass is 515 g/mol. The molecule has 0 aliphatic rings. The largest absolute Gasteiger partial charge is 0.544 e. The van der Waals surface area contributed by atoms with Gasteiger partial charge in [0.05, 0.1) is 40.3 Å². The minimum Gasteiger partial charge on any atom is -0.544 e. The Morgan fingerprint density at radius 2 is 1.22 bits per heavy atom. The molecule has 0 radical (unpaired) electrons. The first kappa shape index (κ1) is 34.3. The first-order valence-electron chi connectivity index (χ1n) is 14.1. The van der Waals surface area contributed by atoms with Crippen LogP contribution in [0, 0.1) is 0 Å². The van der Waals surface area contributed by atoms with Crippen LogP contribution in [0.15, 0.2) is 0 Å². The third kappa shape index (κ3) is 19.5. The van der Waals surface area contributed by atoms with Crippen LogP contribution < -0.4 is 5.11 Å². The summed E-state index contributed by atoms with van der Waals surface area (Å²) >= 11 is 0. The van der Waals surface area contributed by atoms with E-state index in [0.29, 0.717) is 12.8 Å². The molecule has 0 aliphatic heterocycles. The van der Waals surface area contributed by atoms with Gasteiger partial charge in [-0.25, -0.2) is 0 Å². The standard InChI is InChI=1S/C28H53NO7/c1-6-8-10-11-12-13-14-15-17-19-27(31)36-24(23-35-26(30)18-16-9-7-2)22-34-21-20-25(28(32)33)29(3,4)5/h24-25H,6-23H2,1-5H3. The second kappa shape index (κ2) is 21.4. The summed E-state index contributed by atoms with van der Waals surface area (Å²) in [6.45, 7) is 4.43. The number of ether oxygens (including phenoxy) is 3. The van der Waals surface area contributed by atoms with E-state index in [-0.39, 0.29) is 42.7 Å². The first-order chi connectivity index (χ1) is 17.1. The van der Waals surface area contributed by atoms with Crippen molar-refractivity contribution in [2.75, 3.05) is 41.0 Å². The van der Waals surface area contributed by atoms with Crippen molar-refractivity contribution in [2.24, 2.45) is 0 Å². The van der Waals surface area contributed by atoms with Crippen LogP contribution in [0.2, 0.25) is 0 Å². The van der Waals surface area contributed by atoms with E-state index in [2.05, 4.69) is 13.8 Å². The number of aliphatic carboxylic acids is 1. The van der Waals surface area contributed by atoms with Crippen LogP contribution >= 0.6 is 0 Å². The third-order valence-corrected chi connectivity index (χ3v) is 6.24. The maximum Gasteiger partial charge on any atom is 0.306 e. The molecule has 0 heterocycles. The zero-order chi connectivity index (χ0) is 27.2. The van der Waals surface area contributed by atoms with Gasteiger partial charge in [0.2, 0.25) is 0 Å². The Kier molecular flexibility index (Phi) is 20.4. The third-order valence-electron chi connectivity index (χ3n) is 6.24. The Bertz CT molecular complexity index is 589. The molecule has 2 unspecified atom stereocenters. The lowest BCUT2D eigenvalue weighted by Crippen LogP contribution is -2.55. The Morgan fingerprint density at radius 3 is 1.78 bits per heavy atom. The molecule has 0 amide bonds. The Hall–Kier alpha value is -1.67. The van der Waals surface area contributed by atoms with Crippen molar-refractivity contribution in [3.8, 4) is 0 Å². The summed E-state index contributed by atoms with van der Waals surface area (Å²) in [7, 11) is 5.36. The van der Waals surface area contributed by atoms with Gasteiger partial charge in [-0.05, 0) is 12.8 Å². The fourth-order valence-electron chi connectivity index (χ4n) is 3.95. The molecule has 8 heteroatoms. The SMILES string of the molecule is CCCCCCCCCCCC(=O)OC(COCCC(C(=O)[O-])[N+](C)(C)C)COC(=O)CCCCC. The normalized spacial score (nSPS) is 13.2. The second-order valence-corrected chi connectivity index (χ2v) is 10.6. The van der Waals surface area contributed by atoms with Crippen molar-refractivity contribution in [3.05, 3.63) is 0 Å². The molecule has 0 aliphatic carbocycles. The number of quaternary nitrogens is 1. The number of carboxylic acid groups (broad SMARTS) is 1. The van der Waals surface area contributed by atoms with E-state index in [0.717, 1.165) is 38.5 Å². The molecule has 8 nitrogen and oxygen atoms in total. The van der Waals surface area contributed by atoms with Crippen LogP contribution in [-0.2, 0) is 28.6 Å². The molecular weight excluding hydrogens is 462 g/mol. The van der Waals surface area contributed by atoms with Crippen molar-refractivity contribution >= 4 is 17.9 Å². The highest BCUT2D eigenvalue weighted by Gasteiger charge is 2.25. The lowest BCUT2D eigenvalue weighted by molar-refractivity contribution is -0.889. The van der Waals surface area contributed by atoms with Gasteiger partial charge in [-0.2, -0.15) is 0 Å². The number of hydrogen-bond acceptors (Lipinski definition) is 7. The quantitative estimate of drug-likeness (QED) is 0.108. The molecule has 212 valence electrons. The van der Waals surface area contributed by atoms with Crippen molar-refractivity contribution in [3.63, 3.8) is 0 Å². The second-order valence-electron chi connectivity index (χ2n) is 10.6. The Balaban J connectivity index is 4.47. The minimum absolute atomic E-state index is 0.0443. The number of rotatable bonds is 24. The molecule has 0 saturated carbocycles. The molecule has 2 atom stereocenters. The molecule has 0 saturated heterocycles. The highest BCUT2D eigenvalue weighted by atomic mass is 16.6. The lowest BCUT2D eigenvalue weighted by Gasteiger charge is -2.34. The van der Waals surface area contributed by atoms with Crippen molar-refractivity contribution in [1.29, 1.82) is 0 Å².